The minimum atomic E-state index is 0.342. The summed E-state index contributed by atoms with van der Waals surface area (Å²) in [5.41, 5.74) is 2.49. The molecule has 4 heteroatoms. The molecule has 0 aliphatic carbocycles. The lowest BCUT2D eigenvalue weighted by atomic mass is 10.0. The Hall–Kier alpha value is -1.10. The third-order valence-electron chi connectivity index (χ3n) is 3.35. The molecule has 1 rings (SSSR count). The van der Waals surface area contributed by atoms with E-state index in [0.717, 1.165) is 25.4 Å². The van der Waals surface area contributed by atoms with Gasteiger partial charge in [-0.3, -0.25) is 4.90 Å². The third kappa shape index (κ3) is 4.82. The van der Waals surface area contributed by atoms with Crippen LogP contribution in [0, 0.1) is 0 Å². The molecule has 0 spiro atoms. The third-order valence-corrected chi connectivity index (χ3v) is 3.35. The topological polar surface area (TPSA) is 33.7 Å². The van der Waals surface area contributed by atoms with E-state index in [4.69, 9.17) is 9.47 Å². The average Bonchev–Trinajstić information content (AvgIpc) is 2.44. The van der Waals surface area contributed by atoms with Crippen molar-refractivity contribution in [3.8, 4) is 5.75 Å². The SMILES string of the molecule is CNC(C)c1ccc(OC)c(CN(C)CCOC)c1. The maximum atomic E-state index is 5.44. The van der Waals surface area contributed by atoms with Crippen LogP contribution in [0.1, 0.15) is 24.1 Å². The van der Waals surface area contributed by atoms with E-state index in [1.165, 1.54) is 11.1 Å². The number of nitrogens with one attached hydrogen (secondary N) is 1. The van der Waals surface area contributed by atoms with Crippen molar-refractivity contribution in [2.24, 2.45) is 0 Å². The van der Waals surface area contributed by atoms with Crippen LogP contribution in [-0.2, 0) is 11.3 Å². The first-order valence-electron chi connectivity index (χ1n) is 6.64. The highest BCUT2D eigenvalue weighted by molar-refractivity contribution is 5.38. The highest BCUT2D eigenvalue weighted by Crippen LogP contribution is 2.24. The number of hydrogen-bond donors (Lipinski definition) is 1. The number of nitrogens with zero attached hydrogens (tertiary/aromatic N) is 1. The molecule has 1 aromatic rings. The summed E-state index contributed by atoms with van der Waals surface area (Å²) in [6.45, 7) is 4.66. The van der Waals surface area contributed by atoms with Gasteiger partial charge in [0.15, 0.2) is 0 Å². The van der Waals surface area contributed by atoms with Crippen molar-refractivity contribution in [2.75, 3.05) is 41.5 Å². The van der Waals surface area contributed by atoms with Crippen LogP contribution in [-0.4, -0.2) is 46.4 Å². The van der Waals surface area contributed by atoms with Crippen LogP contribution in [0.2, 0.25) is 0 Å². The highest BCUT2D eigenvalue weighted by Gasteiger charge is 2.10. The molecular weight excluding hydrogens is 240 g/mol. The summed E-state index contributed by atoms with van der Waals surface area (Å²) in [7, 11) is 7.50. The zero-order chi connectivity index (χ0) is 14.3. The molecule has 0 aliphatic rings. The Morgan fingerprint density at radius 2 is 2.05 bits per heavy atom. The van der Waals surface area contributed by atoms with Gasteiger partial charge in [-0.1, -0.05) is 6.07 Å². The molecule has 0 saturated carbocycles. The van der Waals surface area contributed by atoms with Crippen molar-refractivity contribution < 1.29 is 9.47 Å². The molecule has 0 bridgehead atoms. The van der Waals surface area contributed by atoms with E-state index >= 15 is 0 Å². The van der Waals surface area contributed by atoms with Gasteiger partial charge < -0.3 is 14.8 Å². The summed E-state index contributed by atoms with van der Waals surface area (Å²) in [6, 6.07) is 6.71. The predicted molar refractivity (Wildman–Crippen MR) is 78.7 cm³/mol. The average molecular weight is 266 g/mol. The maximum absolute atomic E-state index is 5.44. The fraction of sp³-hybridized carbons (Fsp3) is 0.600. The second-order valence-corrected chi connectivity index (χ2v) is 4.81. The summed E-state index contributed by atoms with van der Waals surface area (Å²) in [5.74, 6) is 0.941. The number of rotatable bonds is 8. The summed E-state index contributed by atoms with van der Waals surface area (Å²) >= 11 is 0. The van der Waals surface area contributed by atoms with E-state index < -0.39 is 0 Å². The van der Waals surface area contributed by atoms with Gasteiger partial charge in [0, 0.05) is 31.8 Å². The van der Waals surface area contributed by atoms with Crippen LogP contribution in [0.4, 0.5) is 0 Å². The number of benzene rings is 1. The zero-order valence-corrected chi connectivity index (χ0v) is 12.7. The lowest BCUT2D eigenvalue weighted by Gasteiger charge is -2.20. The lowest BCUT2D eigenvalue weighted by molar-refractivity contribution is 0.158. The molecular formula is C15H26N2O2. The zero-order valence-electron chi connectivity index (χ0n) is 12.7. The van der Waals surface area contributed by atoms with Crippen LogP contribution >= 0.6 is 0 Å². The number of ether oxygens (including phenoxy) is 2. The Kier molecular flexibility index (Phi) is 6.84. The van der Waals surface area contributed by atoms with Gasteiger partial charge in [0.1, 0.15) is 5.75 Å². The molecule has 0 radical (unpaired) electrons. The summed E-state index contributed by atoms with van der Waals surface area (Å²) in [5, 5.41) is 3.26. The van der Waals surface area contributed by atoms with Crippen molar-refractivity contribution in [3.63, 3.8) is 0 Å². The fourth-order valence-corrected chi connectivity index (χ4v) is 1.98. The van der Waals surface area contributed by atoms with Crippen molar-refractivity contribution >= 4 is 0 Å². The molecule has 0 aliphatic heterocycles. The van der Waals surface area contributed by atoms with E-state index in [-0.39, 0.29) is 0 Å². The summed E-state index contributed by atoms with van der Waals surface area (Å²) in [4.78, 5) is 2.23. The van der Waals surface area contributed by atoms with Crippen molar-refractivity contribution in [2.45, 2.75) is 19.5 Å². The van der Waals surface area contributed by atoms with Crippen molar-refractivity contribution in [1.29, 1.82) is 0 Å². The van der Waals surface area contributed by atoms with Crippen LogP contribution in [0.15, 0.2) is 18.2 Å². The first-order chi connectivity index (χ1) is 9.12. The quantitative estimate of drug-likeness (QED) is 0.781. The fourth-order valence-electron chi connectivity index (χ4n) is 1.98. The van der Waals surface area contributed by atoms with Crippen LogP contribution in [0.25, 0.3) is 0 Å². The molecule has 0 heterocycles. The van der Waals surface area contributed by atoms with Gasteiger partial charge in [0.05, 0.1) is 13.7 Å². The molecule has 19 heavy (non-hydrogen) atoms. The van der Waals surface area contributed by atoms with Crippen molar-refractivity contribution in [3.05, 3.63) is 29.3 Å². The molecule has 0 aromatic heterocycles. The van der Waals surface area contributed by atoms with E-state index in [1.54, 1.807) is 14.2 Å². The number of likely N-dealkylation sites (N-methyl/N-ethyl adjacent to an activating group) is 1. The van der Waals surface area contributed by atoms with Crippen LogP contribution in [0.3, 0.4) is 0 Å². The van der Waals surface area contributed by atoms with Gasteiger partial charge in [-0.15, -0.1) is 0 Å². The Balaban J connectivity index is 2.83. The first-order valence-corrected chi connectivity index (χ1v) is 6.64. The molecule has 1 aromatic carbocycles. The minimum Gasteiger partial charge on any atom is -0.496 e. The molecule has 108 valence electrons. The van der Waals surface area contributed by atoms with E-state index in [2.05, 4.69) is 36.3 Å². The largest absolute Gasteiger partial charge is 0.496 e. The molecule has 1 N–H and O–H groups in total. The normalized spacial score (nSPS) is 12.7. The molecule has 1 unspecified atom stereocenters. The number of methoxy groups -OCH3 is 2. The predicted octanol–water partition coefficient (Wildman–Crippen LogP) is 2.05. The van der Waals surface area contributed by atoms with Gasteiger partial charge in [-0.05, 0) is 38.7 Å². The van der Waals surface area contributed by atoms with Gasteiger partial charge in [-0.25, -0.2) is 0 Å². The van der Waals surface area contributed by atoms with E-state index in [0.29, 0.717) is 6.04 Å². The van der Waals surface area contributed by atoms with Gasteiger partial charge in [0.25, 0.3) is 0 Å². The molecule has 0 amide bonds. The highest BCUT2D eigenvalue weighted by atomic mass is 16.5. The molecule has 4 nitrogen and oxygen atoms in total. The second kappa shape index (κ2) is 8.15. The Morgan fingerprint density at radius 1 is 1.32 bits per heavy atom. The Bertz CT molecular complexity index is 382. The monoisotopic (exact) mass is 266 g/mol. The molecule has 0 saturated heterocycles. The second-order valence-electron chi connectivity index (χ2n) is 4.81. The Morgan fingerprint density at radius 3 is 2.63 bits per heavy atom. The van der Waals surface area contributed by atoms with Crippen LogP contribution in [0.5, 0.6) is 5.75 Å². The molecule has 1 atom stereocenters. The smallest absolute Gasteiger partial charge is 0.123 e. The lowest BCUT2D eigenvalue weighted by Crippen LogP contribution is -2.23. The van der Waals surface area contributed by atoms with Gasteiger partial charge in [-0.2, -0.15) is 0 Å². The maximum Gasteiger partial charge on any atom is 0.123 e. The summed E-state index contributed by atoms with van der Waals surface area (Å²) < 4.78 is 10.5. The number of hydrogen-bond acceptors (Lipinski definition) is 4. The standard InChI is InChI=1S/C15H26N2O2/c1-12(16-2)13-6-7-15(19-5)14(10-13)11-17(3)8-9-18-4/h6-7,10,12,16H,8-9,11H2,1-5H3. The van der Waals surface area contributed by atoms with Crippen molar-refractivity contribution in [1.82, 2.24) is 10.2 Å². The summed E-state index contributed by atoms with van der Waals surface area (Å²) in [6.07, 6.45) is 0. The van der Waals surface area contributed by atoms with Crippen LogP contribution < -0.4 is 10.1 Å². The van der Waals surface area contributed by atoms with Gasteiger partial charge >= 0.3 is 0 Å². The van der Waals surface area contributed by atoms with E-state index in [1.807, 2.05) is 13.1 Å². The van der Waals surface area contributed by atoms with Gasteiger partial charge in [0.2, 0.25) is 0 Å². The Labute approximate surface area is 116 Å². The van der Waals surface area contributed by atoms with E-state index in [9.17, 15) is 0 Å². The first kappa shape index (κ1) is 16.0. The minimum absolute atomic E-state index is 0.342. The molecule has 0 fully saturated rings.